The van der Waals surface area contributed by atoms with E-state index in [1.165, 1.54) is 29.5 Å². The molecule has 2 N–H and O–H groups in total. The van der Waals surface area contributed by atoms with Crippen LogP contribution in [0.2, 0.25) is 0 Å². The summed E-state index contributed by atoms with van der Waals surface area (Å²) in [6.45, 7) is 4.27. The number of nitrogens with zero attached hydrogens (tertiary/aromatic N) is 2. The molecule has 0 unspecified atom stereocenters. The van der Waals surface area contributed by atoms with E-state index >= 15 is 0 Å². The van der Waals surface area contributed by atoms with Gasteiger partial charge in [-0.15, -0.1) is 0 Å². The summed E-state index contributed by atoms with van der Waals surface area (Å²) in [6, 6.07) is 6.52. The highest BCUT2D eigenvalue weighted by atomic mass is 127. The van der Waals surface area contributed by atoms with Crippen LogP contribution in [0.5, 0.6) is 0 Å². The van der Waals surface area contributed by atoms with Crippen LogP contribution in [0.1, 0.15) is 47.0 Å². The van der Waals surface area contributed by atoms with E-state index in [4.69, 9.17) is 10.7 Å². The number of aryl methyl sites for hydroxylation is 2. The lowest BCUT2D eigenvalue weighted by Gasteiger charge is -2.09. The van der Waals surface area contributed by atoms with Crippen molar-refractivity contribution in [1.29, 1.82) is 0 Å². The zero-order valence-corrected chi connectivity index (χ0v) is 13.9. The molecule has 0 amide bonds. The van der Waals surface area contributed by atoms with E-state index in [2.05, 4.69) is 59.6 Å². The molecule has 0 bridgehead atoms. The number of halogens is 1. The Morgan fingerprint density at radius 2 is 1.95 bits per heavy atom. The van der Waals surface area contributed by atoms with E-state index in [9.17, 15) is 0 Å². The first-order valence-electron chi connectivity index (χ1n) is 6.92. The average Bonchev–Trinajstić information content (AvgIpc) is 3.22. The maximum Gasteiger partial charge on any atom is 0.140 e. The van der Waals surface area contributed by atoms with Crippen molar-refractivity contribution in [1.82, 2.24) is 9.97 Å². The van der Waals surface area contributed by atoms with Crippen molar-refractivity contribution < 1.29 is 0 Å². The Bertz CT molecular complexity index is 663. The second-order valence-corrected chi connectivity index (χ2v) is 6.67. The van der Waals surface area contributed by atoms with Gasteiger partial charge in [-0.1, -0.05) is 18.2 Å². The molecule has 4 heteroatoms. The number of nitrogens with two attached hydrogens (primary N) is 1. The normalized spacial score (nSPS) is 14.6. The summed E-state index contributed by atoms with van der Waals surface area (Å²) >= 11 is 2.27. The molecule has 1 aliphatic rings. The first-order chi connectivity index (χ1) is 9.54. The molecular formula is C16H18IN3. The number of hydrogen-bond acceptors (Lipinski definition) is 3. The maximum absolute atomic E-state index is 6.04. The van der Waals surface area contributed by atoms with Crippen molar-refractivity contribution in [2.75, 3.05) is 5.73 Å². The highest BCUT2D eigenvalue weighted by Gasteiger charge is 2.28. The number of nitrogen functional groups attached to an aromatic ring is 1. The third-order valence-corrected chi connectivity index (χ3v) is 4.95. The summed E-state index contributed by atoms with van der Waals surface area (Å²) < 4.78 is 1.04. The zero-order valence-electron chi connectivity index (χ0n) is 11.8. The molecule has 1 heterocycles. The van der Waals surface area contributed by atoms with Crippen molar-refractivity contribution in [3.05, 3.63) is 50.0 Å². The van der Waals surface area contributed by atoms with Crippen LogP contribution in [0.4, 0.5) is 5.82 Å². The van der Waals surface area contributed by atoms with Gasteiger partial charge in [-0.2, -0.15) is 0 Å². The summed E-state index contributed by atoms with van der Waals surface area (Å²) in [6.07, 6.45) is 3.22. The Kier molecular flexibility index (Phi) is 3.67. The number of anilines is 1. The van der Waals surface area contributed by atoms with Crippen molar-refractivity contribution in [2.45, 2.75) is 39.0 Å². The van der Waals surface area contributed by atoms with Crippen LogP contribution < -0.4 is 5.73 Å². The topological polar surface area (TPSA) is 51.8 Å². The number of hydrogen-bond donors (Lipinski definition) is 1. The van der Waals surface area contributed by atoms with Crippen LogP contribution in [0, 0.1) is 17.4 Å². The lowest BCUT2D eigenvalue weighted by molar-refractivity contribution is 0.893. The predicted octanol–water partition coefficient (Wildman–Crippen LogP) is 3.75. The van der Waals surface area contributed by atoms with Crippen molar-refractivity contribution in [3.63, 3.8) is 0 Å². The van der Waals surface area contributed by atoms with Crippen molar-refractivity contribution in [3.8, 4) is 0 Å². The highest BCUT2D eigenvalue weighted by Crippen LogP contribution is 2.41. The number of rotatable bonds is 3. The largest absolute Gasteiger partial charge is 0.383 e. The van der Waals surface area contributed by atoms with E-state index in [-0.39, 0.29) is 0 Å². The van der Waals surface area contributed by atoms with E-state index < -0.39 is 0 Å². The molecule has 3 nitrogen and oxygen atoms in total. The Labute approximate surface area is 133 Å². The molecule has 1 saturated carbocycles. The Hall–Kier alpha value is -1.17. The molecule has 1 aromatic heterocycles. The molecule has 0 aliphatic heterocycles. The van der Waals surface area contributed by atoms with Crippen LogP contribution in [-0.2, 0) is 6.42 Å². The third-order valence-electron chi connectivity index (χ3n) is 3.85. The van der Waals surface area contributed by atoms with Gasteiger partial charge in [0, 0.05) is 12.3 Å². The van der Waals surface area contributed by atoms with Gasteiger partial charge in [-0.3, -0.25) is 0 Å². The molecule has 0 saturated heterocycles. The second kappa shape index (κ2) is 5.31. The molecule has 0 spiro atoms. The molecule has 20 heavy (non-hydrogen) atoms. The van der Waals surface area contributed by atoms with Gasteiger partial charge >= 0.3 is 0 Å². The summed E-state index contributed by atoms with van der Waals surface area (Å²) in [7, 11) is 0. The third kappa shape index (κ3) is 2.80. The average molecular weight is 379 g/mol. The van der Waals surface area contributed by atoms with E-state index in [1.807, 2.05) is 0 Å². The smallest absolute Gasteiger partial charge is 0.140 e. The van der Waals surface area contributed by atoms with Crippen LogP contribution >= 0.6 is 22.6 Å². The monoisotopic (exact) mass is 379 g/mol. The quantitative estimate of drug-likeness (QED) is 0.827. The van der Waals surface area contributed by atoms with Gasteiger partial charge in [-0.05, 0) is 66.0 Å². The lowest BCUT2D eigenvalue weighted by Crippen LogP contribution is -2.07. The minimum atomic E-state index is 0.603. The van der Waals surface area contributed by atoms with Crippen molar-refractivity contribution in [2.24, 2.45) is 0 Å². The molecule has 0 atom stereocenters. The van der Waals surface area contributed by atoms with Crippen LogP contribution in [0.15, 0.2) is 18.2 Å². The second-order valence-electron chi connectivity index (χ2n) is 5.59. The molecule has 2 aromatic rings. The standard InChI is InChI=1S/C16H18IN3/c1-9-3-4-11(7-10(9)2)8-13-19-15(12-5-6-12)14(17)16(18)20-13/h3-4,7,12H,5-6,8H2,1-2H3,(H2,18,19,20). The first-order valence-corrected chi connectivity index (χ1v) is 8.00. The van der Waals surface area contributed by atoms with Gasteiger partial charge in [-0.25, -0.2) is 9.97 Å². The minimum absolute atomic E-state index is 0.603. The van der Waals surface area contributed by atoms with E-state index in [0.29, 0.717) is 11.7 Å². The summed E-state index contributed by atoms with van der Waals surface area (Å²) in [4.78, 5) is 9.19. The van der Waals surface area contributed by atoms with E-state index in [0.717, 1.165) is 21.5 Å². The lowest BCUT2D eigenvalue weighted by atomic mass is 10.0. The molecule has 104 valence electrons. The molecular weight excluding hydrogens is 361 g/mol. The van der Waals surface area contributed by atoms with Gasteiger partial charge < -0.3 is 5.73 Å². The minimum Gasteiger partial charge on any atom is -0.383 e. The Morgan fingerprint density at radius 3 is 2.60 bits per heavy atom. The fraction of sp³-hybridized carbons (Fsp3) is 0.375. The molecule has 0 radical (unpaired) electrons. The predicted molar refractivity (Wildman–Crippen MR) is 89.9 cm³/mol. The van der Waals surface area contributed by atoms with Gasteiger partial charge in [0.2, 0.25) is 0 Å². The highest BCUT2D eigenvalue weighted by molar-refractivity contribution is 14.1. The molecule has 1 aliphatic carbocycles. The van der Waals surface area contributed by atoms with Crippen LogP contribution in [0.3, 0.4) is 0 Å². The number of aromatic nitrogens is 2. The fourth-order valence-corrected chi connectivity index (χ4v) is 3.02. The SMILES string of the molecule is Cc1ccc(Cc2nc(N)c(I)c(C3CC3)n2)cc1C. The summed E-state index contributed by atoms with van der Waals surface area (Å²) in [5, 5.41) is 0. The fourth-order valence-electron chi connectivity index (χ4n) is 2.33. The Balaban J connectivity index is 1.92. The van der Waals surface area contributed by atoms with Crippen LogP contribution in [-0.4, -0.2) is 9.97 Å². The zero-order chi connectivity index (χ0) is 14.3. The summed E-state index contributed by atoms with van der Waals surface area (Å²) in [5.41, 5.74) is 11.1. The van der Waals surface area contributed by atoms with Crippen LogP contribution in [0.25, 0.3) is 0 Å². The number of benzene rings is 1. The first kappa shape index (κ1) is 13.8. The molecule has 1 fully saturated rings. The van der Waals surface area contributed by atoms with Gasteiger partial charge in [0.15, 0.2) is 0 Å². The Morgan fingerprint density at radius 1 is 1.20 bits per heavy atom. The van der Waals surface area contributed by atoms with Gasteiger partial charge in [0.1, 0.15) is 11.6 Å². The summed E-state index contributed by atoms with van der Waals surface area (Å²) in [5.74, 6) is 2.07. The van der Waals surface area contributed by atoms with Crippen molar-refractivity contribution >= 4 is 28.4 Å². The van der Waals surface area contributed by atoms with Gasteiger partial charge in [0.05, 0.1) is 9.26 Å². The molecule has 1 aromatic carbocycles. The molecule has 3 rings (SSSR count). The van der Waals surface area contributed by atoms with E-state index in [1.54, 1.807) is 0 Å². The van der Waals surface area contributed by atoms with Gasteiger partial charge in [0.25, 0.3) is 0 Å². The maximum atomic E-state index is 6.04.